The van der Waals surface area contributed by atoms with E-state index in [0.29, 0.717) is 17.5 Å². The normalized spacial score (nSPS) is 22.6. The summed E-state index contributed by atoms with van der Waals surface area (Å²) in [6.07, 6.45) is -4.68. The molecule has 3 atom stereocenters. The van der Waals surface area contributed by atoms with E-state index in [1.54, 1.807) is 29.2 Å². The zero-order valence-corrected chi connectivity index (χ0v) is 13.0. The SMILES string of the molecule is C[C@@H]1CC[C@H]([C@@H](O)C(F)(F)F)N1c1ccc2c(C#N)nccc2c1. The van der Waals surface area contributed by atoms with Crippen molar-refractivity contribution in [2.45, 2.75) is 44.1 Å². The predicted octanol–water partition coefficient (Wildman–Crippen LogP) is 3.39. The summed E-state index contributed by atoms with van der Waals surface area (Å²) in [5, 5.41) is 20.2. The second-order valence-corrected chi connectivity index (χ2v) is 6.06. The van der Waals surface area contributed by atoms with Crippen molar-refractivity contribution in [3.05, 3.63) is 36.2 Å². The van der Waals surface area contributed by atoms with Gasteiger partial charge in [0, 0.05) is 23.3 Å². The van der Waals surface area contributed by atoms with E-state index >= 15 is 0 Å². The zero-order valence-electron chi connectivity index (χ0n) is 13.0. The molecule has 0 radical (unpaired) electrons. The molecule has 1 aliphatic rings. The summed E-state index contributed by atoms with van der Waals surface area (Å²) in [7, 11) is 0. The molecule has 1 fully saturated rings. The van der Waals surface area contributed by atoms with E-state index in [1.165, 1.54) is 6.20 Å². The van der Waals surface area contributed by atoms with Gasteiger partial charge in [-0.15, -0.1) is 0 Å². The molecule has 7 heteroatoms. The van der Waals surface area contributed by atoms with Crippen LogP contribution in [-0.4, -0.2) is 34.5 Å². The fourth-order valence-corrected chi connectivity index (χ4v) is 3.41. The lowest BCUT2D eigenvalue weighted by atomic mass is 10.1. The number of nitriles is 1. The number of halogens is 3. The van der Waals surface area contributed by atoms with Crippen molar-refractivity contribution in [1.29, 1.82) is 5.26 Å². The molecule has 3 rings (SSSR count). The number of aliphatic hydroxyl groups is 1. The number of nitrogens with zero attached hydrogens (tertiary/aromatic N) is 3. The number of rotatable bonds is 2. The van der Waals surface area contributed by atoms with Crippen LogP contribution in [0, 0.1) is 11.3 Å². The van der Waals surface area contributed by atoms with Gasteiger partial charge in [0.15, 0.2) is 6.10 Å². The first-order chi connectivity index (χ1) is 11.3. The lowest BCUT2D eigenvalue weighted by molar-refractivity contribution is -0.209. The Kier molecular flexibility index (Phi) is 4.10. The van der Waals surface area contributed by atoms with Crippen LogP contribution in [0.2, 0.25) is 0 Å². The van der Waals surface area contributed by atoms with Crippen LogP contribution >= 0.6 is 0 Å². The summed E-state index contributed by atoms with van der Waals surface area (Å²) < 4.78 is 38.8. The molecule has 1 aromatic carbocycles. The third-order valence-corrected chi connectivity index (χ3v) is 4.56. The van der Waals surface area contributed by atoms with Gasteiger partial charge in [0.2, 0.25) is 0 Å². The molecule has 2 aromatic rings. The van der Waals surface area contributed by atoms with Crippen LogP contribution in [0.25, 0.3) is 10.8 Å². The number of pyridine rings is 1. The Balaban J connectivity index is 2.03. The van der Waals surface area contributed by atoms with Crippen LogP contribution in [0.3, 0.4) is 0 Å². The molecule has 1 saturated heterocycles. The maximum Gasteiger partial charge on any atom is 0.416 e. The van der Waals surface area contributed by atoms with Crippen molar-refractivity contribution in [3.63, 3.8) is 0 Å². The average Bonchev–Trinajstić information content (AvgIpc) is 2.93. The highest BCUT2D eigenvalue weighted by Crippen LogP contribution is 2.37. The molecule has 0 aliphatic carbocycles. The summed E-state index contributed by atoms with van der Waals surface area (Å²) in [5.74, 6) is 0. The third-order valence-electron chi connectivity index (χ3n) is 4.56. The van der Waals surface area contributed by atoms with Gasteiger partial charge in [-0.05, 0) is 49.4 Å². The van der Waals surface area contributed by atoms with Crippen LogP contribution in [0.4, 0.5) is 18.9 Å². The van der Waals surface area contributed by atoms with E-state index in [0.717, 1.165) is 5.39 Å². The highest BCUT2D eigenvalue weighted by Gasteiger charge is 2.48. The topological polar surface area (TPSA) is 60.1 Å². The quantitative estimate of drug-likeness (QED) is 0.914. The minimum atomic E-state index is -4.65. The molecule has 1 N–H and O–H groups in total. The number of aliphatic hydroxyl groups excluding tert-OH is 1. The van der Waals surface area contributed by atoms with Gasteiger partial charge in [0.05, 0.1) is 6.04 Å². The van der Waals surface area contributed by atoms with Gasteiger partial charge < -0.3 is 10.0 Å². The van der Waals surface area contributed by atoms with Crippen LogP contribution in [0.5, 0.6) is 0 Å². The Morgan fingerprint density at radius 2 is 2.08 bits per heavy atom. The number of hydrogen-bond donors (Lipinski definition) is 1. The van der Waals surface area contributed by atoms with Crippen molar-refractivity contribution < 1.29 is 18.3 Å². The van der Waals surface area contributed by atoms with Crippen molar-refractivity contribution in [2.24, 2.45) is 0 Å². The van der Waals surface area contributed by atoms with Crippen LogP contribution < -0.4 is 4.90 Å². The maximum atomic E-state index is 12.9. The van der Waals surface area contributed by atoms with E-state index in [1.807, 2.05) is 13.0 Å². The second-order valence-electron chi connectivity index (χ2n) is 6.06. The monoisotopic (exact) mass is 335 g/mol. The van der Waals surface area contributed by atoms with E-state index in [-0.39, 0.29) is 18.2 Å². The Hall–Kier alpha value is -2.33. The Morgan fingerprint density at radius 3 is 2.75 bits per heavy atom. The molecule has 4 nitrogen and oxygen atoms in total. The lowest BCUT2D eigenvalue weighted by Gasteiger charge is -2.34. The first-order valence-corrected chi connectivity index (χ1v) is 7.65. The Morgan fingerprint density at radius 1 is 1.33 bits per heavy atom. The van der Waals surface area contributed by atoms with Crippen LogP contribution in [0.1, 0.15) is 25.5 Å². The van der Waals surface area contributed by atoms with Crippen molar-refractivity contribution in [3.8, 4) is 6.07 Å². The van der Waals surface area contributed by atoms with E-state index in [2.05, 4.69) is 4.98 Å². The number of anilines is 1. The summed E-state index contributed by atoms with van der Waals surface area (Å²) in [6, 6.07) is 7.73. The highest BCUT2D eigenvalue weighted by molar-refractivity contribution is 5.89. The highest BCUT2D eigenvalue weighted by atomic mass is 19.4. The van der Waals surface area contributed by atoms with Gasteiger partial charge in [0.25, 0.3) is 0 Å². The molecular weight excluding hydrogens is 319 g/mol. The molecule has 0 bridgehead atoms. The van der Waals surface area contributed by atoms with Gasteiger partial charge in [-0.1, -0.05) is 0 Å². The minimum absolute atomic E-state index is 0.110. The summed E-state index contributed by atoms with van der Waals surface area (Å²) in [6.45, 7) is 1.85. The smallest absolute Gasteiger partial charge is 0.382 e. The van der Waals surface area contributed by atoms with Gasteiger partial charge in [-0.3, -0.25) is 0 Å². The van der Waals surface area contributed by atoms with Gasteiger partial charge in [-0.25, -0.2) is 4.98 Å². The predicted molar refractivity (Wildman–Crippen MR) is 83.5 cm³/mol. The molecular formula is C17H16F3N3O. The summed E-state index contributed by atoms with van der Waals surface area (Å²) >= 11 is 0. The van der Waals surface area contributed by atoms with Crippen molar-refractivity contribution >= 4 is 16.5 Å². The zero-order chi connectivity index (χ0) is 17.5. The standard InChI is InChI=1S/C17H16F3N3O/c1-10-2-5-15(16(24)17(18,19)20)23(10)12-3-4-13-11(8-12)6-7-22-14(13)9-21/h3-4,6-8,10,15-16,24H,2,5H2,1H3/t10-,15-,16-/m1/s1. The number of benzene rings is 1. The van der Waals surface area contributed by atoms with Crippen LogP contribution in [-0.2, 0) is 0 Å². The Labute approximate surface area is 137 Å². The number of alkyl halides is 3. The summed E-state index contributed by atoms with van der Waals surface area (Å²) in [5.41, 5.74) is 0.885. The lowest BCUT2D eigenvalue weighted by Crippen LogP contribution is -2.48. The summed E-state index contributed by atoms with van der Waals surface area (Å²) in [4.78, 5) is 5.61. The molecule has 24 heavy (non-hydrogen) atoms. The second kappa shape index (κ2) is 5.95. The van der Waals surface area contributed by atoms with E-state index in [9.17, 15) is 18.3 Å². The molecule has 126 valence electrons. The molecule has 0 saturated carbocycles. The largest absolute Gasteiger partial charge is 0.416 e. The minimum Gasteiger partial charge on any atom is -0.382 e. The fraction of sp³-hybridized carbons (Fsp3) is 0.412. The Bertz CT molecular complexity index is 800. The van der Waals surface area contributed by atoms with Crippen molar-refractivity contribution in [2.75, 3.05) is 4.90 Å². The number of fused-ring (bicyclic) bond motifs is 1. The number of hydrogen-bond acceptors (Lipinski definition) is 4. The van der Waals surface area contributed by atoms with Crippen molar-refractivity contribution in [1.82, 2.24) is 4.98 Å². The molecule has 1 aliphatic heterocycles. The maximum absolute atomic E-state index is 12.9. The number of aromatic nitrogens is 1. The van der Waals surface area contributed by atoms with E-state index < -0.39 is 18.3 Å². The van der Waals surface area contributed by atoms with E-state index in [4.69, 9.17) is 5.26 Å². The molecule has 1 aromatic heterocycles. The van der Waals surface area contributed by atoms with Crippen LogP contribution in [0.15, 0.2) is 30.5 Å². The van der Waals surface area contributed by atoms with Gasteiger partial charge >= 0.3 is 6.18 Å². The third kappa shape index (κ3) is 2.78. The fourth-order valence-electron chi connectivity index (χ4n) is 3.41. The molecule has 2 heterocycles. The molecule has 0 unspecified atom stereocenters. The van der Waals surface area contributed by atoms with Gasteiger partial charge in [-0.2, -0.15) is 18.4 Å². The average molecular weight is 335 g/mol. The molecule has 0 amide bonds. The first-order valence-electron chi connectivity index (χ1n) is 7.65. The first kappa shape index (κ1) is 16.5. The molecule has 0 spiro atoms. The van der Waals surface area contributed by atoms with Gasteiger partial charge in [0.1, 0.15) is 11.8 Å².